The first-order valence-corrected chi connectivity index (χ1v) is 5.36. The van der Waals surface area contributed by atoms with E-state index in [4.69, 9.17) is 0 Å². The molecule has 0 spiro atoms. The van der Waals surface area contributed by atoms with Crippen molar-refractivity contribution in [1.82, 2.24) is 9.36 Å². The van der Waals surface area contributed by atoms with E-state index in [0.29, 0.717) is 5.82 Å². The minimum atomic E-state index is -0.242. The normalized spacial score (nSPS) is 10.3. The zero-order valence-electron chi connectivity index (χ0n) is 6.37. The number of halogens is 2. The van der Waals surface area contributed by atoms with Gasteiger partial charge in [-0.15, -0.1) is 0 Å². The molecule has 0 N–H and O–H groups in total. The lowest BCUT2D eigenvalue weighted by atomic mass is 10.2. The quantitative estimate of drug-likeness (QED) is 0.757. The van der Waals surface area contributed by atoms with Crippen LogP contribution in [0, 0.1) is 8.83 Å². The minimum Gasteiger partial charge on any atom is -0.209 e. The van der Waals surface area contributed by atoms with Gasteiger partial charge >= 0.3 is 0 Å². The van der Waals surface area contributed by atoms with Crippen molar-refractivity contribution in [1.29, 1.82) is 0 Å². The summed E-state index contributed by atoms with van der Waals surface area (Å²) in [6.45, 7) is 0. The molecule has 13 heavy (non-hydrogen) atoms. The Morgan fingerprint density at radius 3 is 2.46 bits per heavy atom. The lowest BCUT2D eigenvalue weighted by Gasteiger charge is -1.92. The summed E-state index contributed by atoms with van der Waals surface area (Å²) in [6.07, 6.45) is 0. The summed E-state index contributed by atoms with van der Waals surface area (Å²) in [5.41, 5.74) is 0.848. The largest absolute Gasteiger partial charge is 0.209 e. The van der Waals surface area contributed by atoms with Gasteiger partial charge in [-0.25, -0.2) is 9.37 Å². The Morgan fingerprint density at radius 2 is 1.92 bits per heavy atom. The standard InChI is InChI=1S/C8H4FIN2S/c9-6-3-1-5(2-4-6)7-11-8(10)13-12-7/h1-4H. The van der Waals surface area contributed by atoms with Crippen LogP contribution in [0.25, 0.3) is 11.4 Å². The fourth-order valence-electron chi connectivity index (χ4n) is 0.921. The van der Waals surface area contributed by atoms with Crippen LogP contribution in [0.15, 0.2) is 24.3 Å². The molecule has 0 fully saturated rings. The van der Waals surface area contributed by atoms with E-state index in [1.807, 2.05) is 0 Å². The molecule has 0 saturated heterocycles. The average molecular weight is 306 g/mol. The Labute approximate surface area is 92.1 Å². The lowest BCUT2D eigenvalue weighted by Crippen LogP contribution is -1.80. The summed E-state index contributed by atoms with van der Waals surface area (Å²) >= 11 is 3.44. The zero-order valence-corrected chi connectivity index (χ0v) is 9.34. The van der Waals surface area contributed by atoms with Gasteiger partial charge in [0.25, 0.3) is 0 Å². The predicted octanol–water partition coefficient (Wildman–Crippen LogP) is 2.95. The highest BCUT2D eigenvalue weighted by Crippen LogP contribution is 2.18. The molecule has 2 rings (SSSR count). The number of nitrogens with zero attached hydrogens (tertiary/aromatic N) is 2. The molecule has 1 aromatic heterocycles. The second kappa shape index (κ2) is 3.67. The molecule has 0 bridgehead atoms. The zero-order chi connectivity index (χ0) is 9.26. The Morgan fingerprint density at radius 1 is 1.23 bits per heavy atom. The fourth-order valence-corrected chi connectivity index (χ4v) is 1.88. The molecule has 0 aliphatic rings. The molecule has 1 aromatic carbocycles. The monoisotopic (exact) mass is 306 g/mol. The first kappa shape index (κ1) is 9.01. The summed E-state index contributed by atoms with van der Waals surface area (Å²) in [6, 6.07) is 6.16. The van der Waals surface area contributed by atoms with Gasteiger partial charge < -0.3 is 0 Å². The maximum Gasteiger partial charge on any atom is 0.174 e. The van der Waals surface area contributed by atoms with Gasteiger partial charge in [-0.3, -0.25) is 0 Å². The molecule has 0 unspecified atom stereocenters. The van der Waals surface area contributed by atoms with Crippen molar-refractivity contribution < 1.29 is 4.39 Å². The molecule has 0 aliphatic heterocycles. The van der Waals surface area contributed by atoms with Gasteiger partial charge in [-0.2, -0.15) is 4.37 Å². The van der Waals surface area contributed by atoms with Crippen LogP contribution in [0.1, 0.15) is 0 Å². The van der Waals surface area contributed by atoms with Gasteiger partial charge in [0, 0.05) is 5.56 Å². The Hall–Kier alpha value is -0.560. The van der Waals surface area contributed by atoms with E-state index in [1.54, 1.807) is 12.1 Å². The molecule has 2 aromatic rings. The highest BCUT2D eigenvalue weighted by atomic mass is 127. The topological polar surface area (TPSA) is 25.8 Å². The van der Waals surface area contributed by atoms with Crippen LogP contribution in [0.3, 0.4) is 0 Å². The second-order valence-corrected chi connectivity index (χ2v) is 4.88. The summed E-state index contributed by atoms with van der Waals surface area (Å²) < 4.78 is 17.6. The summed E-state index contributed by atoms with van der Waals surface area (Å²) in [5.74, 6) is 0.420. The maximum absolute atomic E-state index is 12.6. The van der Waals surface area contributed by atoms with E-state index in [9.17, 15) is 4.39 Å². The van der Waals surface area contributed by atoms with Crippen LogP contribution in [-0.2, 0) is 0 Å². The molecule has 0 atom stereocenters. The van der Waals surface area contributed by atoms with E-state index in [2.05, 4.69) is 31.9 Å². The first-order valence-electron chi connectivity index (χ1n) is 3.51. The van der Waals surface area contributed by atoms with Crippen molar-refractivity contribution in [2.45, 2.75) is 0 Å². The predicted molar refractivity (Wildman–Crippen MR) is 58.0 cm³/mol. The number of hydrogen-bond acceptors (Lipinski definition) is 3. The van der Waals surface area contributed by atoms with E-state index < -0.39 is 0 Å². The third kappa shape index (κ3) is 2.02. The van der Waals surface area contributed by atoms with Crippen LogP contribution in [0.4, 0.5) is 4.39 Å². The van der Waals surface area contributed by atoms with Crippen LogP contribution < -0.4 is 0 Å². The Bertz CT molecular complexity index is 412. The third-order valence-electron chi connectivity index (χ3n) is 1.50. The Balaban J connectivity index is 2.41. The van der Waals surface area contributed by atoms with Gasteiger partial charge in [0.05, 0.1) is 0 Å². The Kier molecular flexibility index (Phi) is 2.54. The number of aromatic nitrogens is 2. The van der Waals surface area contributed by atoms with E-state index in [0.717, 1.165) is 8.58 Å². The van der Waals surface area contributed by atoms with Gasteiger partial charge in [-0.1, -0.05) is 0 Å². The van der Waals surface area contributed by atoms with E-state index in [1.165, 1.54) is 23.7 Å². The second-order valence-electron chi connectivity index (χ2n) is 2.38. The van der Waals surface area contributed by atoms with Gasteiger partial charge in [0.2, 0.25) is 0 Å². The van der Waals surface area contributed by atoms with Crippen molar-refractivity contribution in [2.24, 2.45) is 0 Å². The number of hydrogen-bond donors (Lipinski definition) is 0. The molecule has 66 valence electrons. The van der Waals surface area contributed by atoms with Gasteiger partial charge in [0.1, 0.15) is 5.82 Å². The fraction of sp³-hybridized carbons (Fsp3) is 0. The first-order chi connectivity index (χ1) is 6.25. The van der Waals surface area contributed by atoms with Crippen molar-refractivity contribution >= 4 is 34.1 Å². The third-order valence-corrected chi connectivity index (χ3v) is 2.84. The molecule has 0 saturated carbocycles. The van der Waals surface area contributed by atoms with Crippen LogP contribution in [0.5, 0.6) is 0 Å². The van der Waals surface area contributed by atoms with Crippen LogP contribution >= 0.6 is 34.1 Å². The highest BCUT2D eigenvalue weighted by Gasteiger charge is 2.03. The molecular formula is C8H4FIN2S. The lowest BCUT2D eigenvalue weighted by molar-refractivity contribution is 0.628. The van der Waals surface area contributed by atoms with Crippen LogP contribution in [0.2, 0.25) is 0 Å². The highest BCUT2D eigenvalue weighted by molar-refractivity contribution is 14.1. The SMILES string of the molecule is Fc1ccc(-c2nsc(I)n2)cc1. The minimum absolute atomic E-state index is 0.242. The molecule has 1 heterocycles. The molecular weight excluding hydrogens is 302 g/mol. The molecule has 5 heteroatoms. The molecule has 0 amide bonds. The van der Waals surface area contributed by atoms with Crippen LogP contribution in [-0.4, -0.2) is 9.36 Å². The number of benzene rings is 1. The summed E-state index contributed by atoms with van der Waals surface area (Å²) in [4.78, 5) is 4.18. The van der Waals surface area contributed by atoms with Crippen molar-refractivity contribution in [3.63, 3.8) is 0 Å². The molecule has 2 nitrogen and oxygen atoms in total. The van der Waals surface area contributed by atoms with E-state index in [-0.39, 0.29) is 5.82 Å². The van der Waals surface area contributed by atoms with Crippen molar-refractivity contribution in [2.75, 3.05) is 0 Å². The van der Waals surface area contributed by atoms with Gasteiger partial charge in [0.15, 0.2) is 8.84 Å². The summed E-state index contributed by atoms with van der Waals surface area (Å²) in [5, 5.41) is 0. The molecule has 0 aliphatic carbocycles. The molecule has 0 radical (unpaired) electrons. The summed E-state index contributed by atoms with van der Waals surface area (Å²) in [7, 11) is 0. The maximum atomic E-state index is 12.6. The average Bonchev–Trinajstić information content (AvgIpc) is 2.53. The smallest absolute Gasteiger partial charge is 0.174 e. The number of rotatable bonds is 1. The van der Waals surface area contributed by atoms with Crippen molar-refractivity contribution in [3.05, 3.63) is 33.1 Å². The van der Waals surface area contributed by atoms with Crippen molar-refractivity contribution in [3.8, 4) is 11.4 Å². The van der Waals surface area contributed by atoms with E-state index >= 15 is 0 Å². The van der Waals surface area contributed by atoms with Gasteiger partial charge in [-0.05, 0) is 58.4 Å².